The summed E-state index contributed by atoms with van der Waals surface area (Å²) in [6.07, 6.45) is 3.00. The van der Waals surface area contributed by atoms with E-state index in [4.69, 9.17) is 4.98 Å². The zero-order chi connectivity index (χ0) is 24.7. The Bertz CT molecular complexity index is 1450. The molecule has 0 bridgehead atoms. The fraction of sp³-hybridized carbons (Fsp3) is 0.321. The Labute approximate surface area is 221 Å². The number of aryl methyl sites for hydroxylation is 1. The second-order valence-corrected chi connectivity index (χ2v) is 13.0. The average molecular weight is 568 g/mol. The lowest BCUT2D eigenvalue weighted by molar-refractivity contribution is 0.102. The van der Waals surface area contributed by atoms with Crippen molar-refractivity contribution in [3.63, 3.8) is 0 Å². The standard InChI is InChI=1S/C28H27BrN2O2S2/c1-28(2,3)18-11-14-21-23(15-18)35-25-24(21)26(33)31(20-7-5-4-6-8-20)27(30-25)34-16-22(32)17-9-12-19(29)13-10-17/h4-10,12-13,18H,11,14-16H2,1-3H3. The number of thiophene rings is 1. The molecule has 7 heteroatoms. The summed E-state index contributed by atoms with van der Waals surface area (Å²) in [6, 6.07) is 17.0. The summed E-state index contributed by atoms with van der Waals surface area (Å²) in [6.45, 7) is 6.90. The molecule has 0 aliphatic heterocycles. The van der Waals surface area contributed by atoms with Crippen LogP contribution in [-0.4, -0.2) is 21.1 Å². The van der Waals surface area contributed by atoms with Gasteiger partial charge in [-0.2, -0.15) is 0 Å². The van der Waals surface area contributed by atoms with Crippen LogP contribution < -0.4 is 5.56 Å². The molecule has 1 aliphatic rings. The molecule has 35 heavy (non-hydrogen) atoms. The van der Waals surface area contributed by atoms with E-state index in [2.05, 4.69) is 36.7 Å². The third-order valence-corrected chi connectivity index (χ3v) is 9.41. The second kappa shape index (κ2) is 9.68. The van der Waals surface area contributed by atoms with Crippen molar-refractivity contribution in [3.8, 4) is 5.69 Å². The number of carbonyl (C=O) groups excluding carboxylic acids is 1. The van der Waals surface area contributed by atoms with Crippen LogP contribution in [0.4, 0.5) is 0 Å². The van der Waals surface area contributed by atoms with Gasteiger partial charge < -0.3 is 0 Å². The average Bonchev–Trinajstić information content (AvgIpc) is 3.21. The fourth-order valence-corrected chi connectivity index (χ4v) is 7.21. The zero-order valence-corrected chi connectivity index (χ0v) is 23.2. The summed E-state index contributed by atoms with van der Waals surface area (Å²) >= 11 is 6.39. The number of fused-ring (bicyclic) bond motifs is 3. The number of halogens is 1. The predicted octanol–water partition coefficient (Wildman–Crippen LogP) is 7.34. The first-order chi connectivity index (χ1) is 16.7. The van der Waals surface area contributed by atoms with E-state index >= 15 is 0 Å². The van der Waals surface area contributed by atoms with Crippen LogP contribution in [0.2, 0.25) is 0 Å². The fourth-order valence-electron chi connectivity index (χ4n) is 4.70. The van der Waals surface area contributed by atoms with Crippen LogP contribution in [0.3, 0.4) is 0 Å². The Kier molecular flexibility index (Phi) is 6.77. The molecule has 4 nitrogen and oxygen atoms in total. The maximum Gasteiger partial charge on any atom is 0.267 e. The van der Waals surface area contributed by atoms with Crippen molar-refractivity contribution < 1.29 is 4.79 Å². The summed E-state index contributed by atoms with van der Waals surface area (Å²) in [5.74, 6) is 0.815. The molecule has 0 saturated carbocycles. The first-order valence-electron chi connectivity index (χ1n) is 11.8. The molecule has 2 aromatic carbocycles. The Morgan fingerprint density at radius 3 is 2.54 bits per heavy atom. The molecule has 4 aromatic rings. The van der Waals surface area contributed by atoms with Crippen molar-refractivity contribution in [1.29, 1.82) is 0 Å². The lowest BCUT2D eigenvalue weighted by atomic mass is 9.72. The molecule has 0 amide bonds. The highest BCUT2D eigenvalue weighted by molar-refractivity contribution is 9.10. The van der Waals surface area contributed by atoms with Crippen molar-refractivity contribution in [2.24, 2.45) is 11.3 Å². The molecule has 0 saturated heterocycles. The van der Waals surface area contributed by atoms with Gasteiger partial charge in [-0.1, -0.05) is 78.8 Å². The summed E-state index contributed by atoms with van der Waals surface area (Å²) < 4.78 is 2.62. The lowest BCUT2D eigenvalue weighted by Crippen LogP contribution is -2.27. The summed E-state index contributed by atoms with van der Waals surface area (Å²) in [7, 11) is 0. The quantitative estimate of drug-likeness (QED) is 0.144. The van der Waals surface area contributed by atoms with Crippen LogP contribution in [0.1, 0.15) is 48.0 Å². The highest BCUT2D eigenvalue weighted by Crippen LogP contribution is 2.42. The topological polar surface area (TPSA) is 52.0 Å². The smallest absolute Gasteiger partial charge is 0.267 e. The van der Waals surface area contributed by atoms with Gasteiger partial charge in [-0.05, 0) is 60.4 Å². The van der Waals surface area contributed by atoms with Crippen LogP contribution in [-0.2, 0) is 12.8 Å². The molecule has 2 heterocycles. The Morgan fingerprint density at radius 1 is 1.14 bits per heavy atom. The number of aromatic nitrogens is 2. The van der Waals surface area contributed by atoms with Gasteiger partial charge in [-0.3, -0.25) is 14.2 Å². The highest BCUT2D eigenvalue weighted by atomic mass is 79.9. The number of para-hydroxylation sites is 1. The molecule has 1 unspecified atom stereocenters. The molecular formula is C28H27BrN2O2S2. The van der Waals surface area contributed by atoms with Crippen LogP contribution in [0, 0.1) is 11.3 Å². The monoisotopic (exact) mass is 566 g/mol. The van der Waals surface area contributed by atoms with E-state index in [1.165, 1.54) is 22.2 Å². The van der Waals surface area contributed by atoms with E-state index in [0.29, 0.717) is 16.6 Å². The van der Waals surface area contributed by atoms with Crippen molar-refractivity contribution >= 4 is 55.0 Å². The normalized spacial score (nSPS) is 15.8. The van der Waals surface area contributed by atoms with Crippen molar-refractivity contribution in [2.75, 3.05) is 5.75 Å². The Hall–Kier alpha value is -2.22. The van der Waals surface area contributed by atoms with Gasteiger partial charge in [0.05, 0.1) is 16.8 Å². The number of hydrogen-bond acceptors (Lipinski definition) is 5. The van der Waals surface area contributed by atoms with Crippen LogP contribution in [0.25, 0.3) is 15.9 Å². The highest BCUT2D eigenvalue weighted by Gasteiger charge is 2.32. The van der Waals surface area contributed by atoms with Crippen molar-refractivity contribution in [2.45, 2.75) is 45.2 Å². The van der Waals surface area contributed by atoms with E-state index in [1.54, 1.807) is 15.9 Å². The summed E-state index contributed by atoms with van der Waals surface area (Å²) in [4.78, 5) is 33.9. The van der Waals surface area contributed by atoms with E-state index in [-0.39, 0.29) is 22.5 Å². The minimum Gasteiger partial charge on any atom is -0.293 e. The van der Waals surface area contributed by atoms with Gasteiger partial charge in [0.25, 0.3) is 5.56 Å². The number of Topliss-reactive ketones (excluding diaryl/α,β-unsaturated/α-hetero) is 1. The lowest BCUT2D eigenvalue weighted by Gasteiger charge is -2.33. The Morgan fingerprint density at radius 2 is 1.86 bits per heavy atom. The predicted molar refractivity (Wildman–Crippen MR) is 149 cm³/mol. The first kappa shape index (κ1) is 24.5. The number of benzene rings is 2. The van der Waals surface area contributed by atoms with Gasteiger partial charge in [-0.15, -0.1) is 11.3 Å². The third-order valence-electron chi connectivity index (χ3n) is 6.79. The van der Waals surface area contributed by atoms with E-state index in [1.807, 2.05) is 54.6 Å². The van der Waals surface area contributed by atoms with Gasteiger partial charge in [0, 0.05) is 14.9 Å². The Balaban J connectivity index is 1.57. The molecule has 0 fully saturated rings. The maximum atomic E-state index is 13.9. The van der Waals surface area contributed by atoms with Gasteiger partial charge in [0.15, 0.2) is 10.9 Å². The second-order valence-electron chi connectivity index (χ2n) is 10.1. The van der Waals surface area contributed by atoms with Gasteiger partial charge in [0.2, 0.25) is 0 Å². The number of thioether (sulfide) groups is 1. The van der Waals surface area contributed by atoms with Crippen LogP contribution in [0.15, 0.2) is 69.0 Å². The largest absolute Gasteiger partial charge is 0.293 e. The van der Waals surface area contributed by atoms with Crippen LogP contribution in [0.5, 0.6) is 0 Å². The molecule has 0 radical (unpaired) electrons. The summed E-state index contributed by atoms with van der Waals surface area (Å²) in [5.41, 5.74) is 2.80. The molecule has 0 spiro atoms. The van der Waals surface area contributed by atoms with Crippen LogP contribution >= 0.6 is 39.0 Å². The van der Waals surface area contributed by atoms with Gasteiger partial charge >= 0.3 is 0 Å². The maximum absolute atomic E-state index is 13.9. The number of ketones is 1. The minimum absolute atomic E-state index is 0.00921. The van der Waals surface area contributed by atoms with Crippen molar-refractivity contribution in [3.05, 3.63) is 85.4 Å². The van der Waals surface area contributed by atoms with E-state index in [0.717, 1.165) is 39.6 Å². The van der Waals surface area contributed by atoms with Gasteiger partial charge in [-0.25, -0.2) is 4.98 Å². The molecule has 5 rings (SSSR count). The van der Waals surface area contributed by atoms with E-state index < -0.39 is 0 Å². The number of nitrogens with zero attached hydrogens (tertiary/aromatic N) is 2. The van der Waals surface area contributed by atoms with E-state index in [9.17, 15) is 9.59 Å². The molecule has 1 aliphatic carbocycles. The summed E-state index contributed by atoms with van der Waals surface area (Å²) in [5, 5.41) is 1.31. The van der Waals surface area contributed by atoms with Gasteiger partial charge in [0.1, 0.15) is 4.83 Å². The molecule has 0 N–H and O–H groups in total. The molecular weight excluding hydrogens is 540 g/mol. The SMILES string of the molecule is CC(C)(C)C1CCc2c(sc3nc(SCC(=O)c4ccc(Br)cc4)n(-c4ccccc4)c(=O)c23)C1. The molecule has 2 aromatic heterocycles. The minimum atomic E-state index is -0.0356. The third kappa shape index (κ3) is 4.91. The number of hydrogen-bond donors (Lipinski definition) is 0. The molecule has 180 valence electrons. The number of carbonyl (C=O) groups is 1. The number of rotatable bonds is 5. The zero-order valence-electron chi connectivity index (χ0n) is 20.0. The van der Waals surface area contributed by atoms with Crippen molar-refractivity contribution in [1.82, 2.24) is 9.55 Å². The first-order valence-corrected chi connectivity index (χ1v) is 14.4. The molecule has 1 atom stereocenters.